The summed E-state index contributed by atoms with van der Waals surface area (Å²) in [4.78, 5) is 30.9. The Morgan fingerprint density at radius 1 is 1.17 bits per heavy atom. The topological polar surface area (TPSA) is 93.5 Å². The van der Waals surface area contributed by atoms with Gasteiger partial charge in [0.1, 0.15) is 0 Å². The number of unbranched alkanes of at least 4 members (excludes halogenated alkanes) is 1. The van der Waals surface area contributed by atoms with Gasteiger partial charge >= 0.3 is 5.97 Å². The fourth-order valence-corrected chi connectivity index (χ4v) is 6.33. The molecule has 4 rings (SSSR count). The first-order valence-corrected chi connectivity index (χ1v) is 15.1. The summed E-state index contributed by atoms with van der Waals surface area (Å²) in [5.74, 6) is -0.173. The predicted molar refractivity (Wildman–Crippen MR) is 161 cm³/mol. The molecule has 2 aliphatic rings. The first-order valence-electron chi connectivity index (χ1n) is 15.1. The maximum absolute atomic E-state index is 13.8. The highest BCUT2D eigenvalue weighted by atomic mass is 16.7. The molecule has 2 aliphatic heterocycles. The van der Waals surface area contributed by atoms with E-state index in [-0.39, 0.29) is 31.2 Å². The summed E-state index contributed by atoms with van der Waals surface area (Å²) in [6.45, 7) is 5.31. The second kappa shape index (κ2) is 13.8. The smallest absolute Gasteiger partial charge is 0.308 e. The standard InChI is InChI=1S/C32H48N4O6/c1-7-8-15-34(16-10-17-36(3,4)5)29(37)21-35-20-25(23-18-27(40-6)31-28(19-23)41-22-42-31)30(32(38)39)26(35)13-12-24-11-9-14-33(24)2/h9,11,14,18-19,25-26,30H,7-8,10,12-13,15-17,20-22H2,1-6H3/p+1/t25-,26+,30-/m1/s1. The van der Waals surface area contributed by atoms with Crippen molar-refractivity contribution in [2.24, 2.45) is 13.0 Å². The molecule has 10 nitrogen and oxygen atoms in total. The molecule has 1 saturated heterocycles. The van der Waals surface area contributed by atoms with E-state index in [1.54, 1.807) is 7.11 Å². The minimum Gasteiger partial charge on any atom is -0.493 e. The van der Waals surface area contributed by atoms with Gasteiger partial charge in [0.05, 0.1) is 47.3 Å². The Bertz CT molecular complexity index is 1220. The molecule has 1 amide bonds. The lowest BCUT2D eigenvalue weighted by molar-refractivity contribution is -0.870. The molecular formula is C32H49N4O6+. The van der Waals surface area contributed by atoms with Crippen LogP contribution in [0.2, 0.25) is 0 Å². The Kier molecular flexibility index (Phi) is 10.4. The van der Waals surface area contributed by atoms with Crippen LogP contribution in [0.25, 0.3) is 0 Å². The Morgan fingerprint density at radius 2 is 1.93 bits per heavy atom. The van der Waals surface area contributed by atoms with Crippen LogP contribution in [0.5, 0.6) is 17.2 Å². The van der Waals surface area contributed by atoms with E-state index in [0.717, 1.165) is 54.5 Å². The minimum atomic E-state index is -0.853. The number of aliphatic carboxylic acids is 1. The number of methoxy groups -OCH3 is 1. The van der Waals surface area contributed by atoms with Crippen molar-refractivity contribution in [2.45, 2.75) is 51.0 Å². The highest BCUT2D eigenvalue weighted by Gasteiger charge is 2.47. The van der Waals surface area contributed by atoms with Crippen LogP contribution < -0.4 is 14.2 Å². The molecule has 232 valence electrons. The van der Waals surface area contributed by atoms with Gasteiger partial charge in [0.25, 0.3) is 0 Å². The number of ether oxygens (including phenoxy) is 3. The molecule has 1 aromatic heterocycles. The third kappa shape index (κ3) is 7.58. The Hall–Kier alpha value is -3.24. The summed E-state index contributed by atoms with van der Waals surface area (Å²) in [6, 6.07) is 7.52. The van der Waals surface area contributed by atoms with Crippen molar-refractivity contribution in [2.75, 3.05) is 67.8 Å². The molecule has 1 aromatic carbocycles. The third-order valence-electron chi connectivity index (χ3n) is 8.62. The number of carboxylic acid groups (broad SMARTS) is 1. The highest BCUT2D eigenvalue weighted by molar-refractivity contribution is 5.79. The van der Waals surface area contributed by atoms with Gasteiger partial charge in [-0.2, -0.15) is 0 Å². The number of likely N-dealkylation sites (tertiary alicyclic amines) is 1. The second-order valence-corrected chi connectivity index (χ2v) is 12.7. The van der Waals surface area contributed by atoms with Crippen molar-refractivity contribution < 1.29 is 33.4 Å². The van der Waals surface area contributed by atoms with Crippen LogP contribution in [-0.4, -0.2) is 110 Å². The summed E-state index contributed by atoms with van der Waals surface area (Å²) in [5, 5.41) is 10.6. The molecule has 3 atom stereocenters. The molecular weight excluding hydrogens is 536 g/mol. The van der Waals surface area contributed by atoms with E-state index in [9.17, 15) is 14.7 Å². The zero-order valence-corrected chi connectivity index (χ0v) is 26.2. The lowest BCUT2D eigenvalue weighted by Gasteiger charge is -2.31. The van der Waals surface area contributed by atoms with Gasteiger partial charge in [-0.15, -0.1) is 0 Å². The summed E-state index contributed by atoms with van der Waals surface area (Å²) >= 11 is 0. The van der Waals surface area contributed by atoms with Crippen LogP contribution in [0.3, 0.4) is 0 Å². The van der Waals surface area contributed by atoms with E-state index in [1.807, 2.05) is 36.3 Å². The number of aromatic nitrogens is 1. The van der Waals surface area contributed by atoms with Gasteiger partial charge in [0, 0.05) is 57.0 Å². The van der Waals surface area contributed by atoms with Crippen molar-refractivity contribution in [1.29, 1.82) is 0 Å². The van der Waals surface area contributed by atoms with Crippen LogP contribution in [-0.2, 0) is 23.1 Å². The van der Waals surface area contributed by atoms with E-state index in [0.29, 0.717) is 36.8 Å². The largest absolute Gasteiger partial charge is 0.493 e. The van der Waals surface area contributed by atoms with Gasteiger partial charge in [-0.1, -0.05) is 13.3 Å². The molecule has 0 bridgehead atoms. The highest BCUT2D eigenvalue weighted by Crippen LogP contribution is 2.47. The van der Waals surface area contributed by atoms with Crippen LogP contribution in [0.1, 0.15) is 49.8 Å². The van der Waals surface area contributed by atoms with Crippen molar-refractivity contribution in [3.63, 3.8) is 0 Å². The van der Waals surface area contributed by atoms with E-state index in [2.05, 4.69) is 43.6 Å². The van der Waals surface area contributed by atoms with Crippen molar-refractivity contribution in [1.82, 2.24) is 14.4 Å². The Balaban J connectivity index is 1.61. The zero-order valence-electron chi connectivity index (χ0n) is 26.2. The SMILES string of the molecule is CCCCN(CCC[N+](C)(C)C)C(=O)CN1C[C@H](c2cc(OC)c3c(c2)OCO3)[C@@H](C(=O)O)[C@@H]1CCc1cccn1C. The zero-order chi connectivity index (χ0) is 30.4. The van der Waals surface area contributed by atoms with Crippen molar-refractivity contribution in [3.05, 3.63) is 41.7 Å². The van der Waals surface area contributed by atoms with Gasteiger partial charge < -0.3 is 33.3 Å². The van der Waals surface area contributed by atoms with E-state index >= 15 is 0 Å². The molecule has 0 aliphatic carbocycles. The lowest BCUT2D eigenvalue weighted by Crippen LogP contribution is -2.45. The van der Waals surface area contributed by atoms with Gasteiger partial charge in [-0.25, -0.2) is 0 Å². The summed E-state index contributed by atoms with van der Waals surface area (Å²) < 4.78 is 19.8. The van der Waals surface area contributed by atoms with Crippen LogP contribution >= 0.6 is 0 Å². The predicted octanol–water partition coefficient (Wildman–Crippen LogP) is 3.59. The monoisotopic (exact) mass is 585 g/mol. The van der Waals surface area contributed by atoms with E-state index in [1.165, 1.54) is 0 Å². The maximum Gasteiger partial charge on any atom is 0.308 e. The number of carboxylic acids is 1. The number of rotatable bonds is 15. The number of nitrogens with zero attached hydrogens (tertiary/aromatic N) is 4. The Morgan fingerprint density at radius 3 is 2.57 bits per heavy atom. The van der Waals surface area contributed by atoms with E-state index in [4.69, 9.17) is 14.2 Å². The number of quaternary nitrogens is 1. The van der Waals surface area contributed by atoms with Gasteiger partial charge in [-0.3, -0.25) is 14.5 Å². The molecule has 0 radical (unpaired) electrons. The number of hydrogen-bond acceptors (Lipinski definition) is 6. The average molecular weight is 586 g/mol. The minimum absolute atomic E-state index is 0.0711. The molecule has 0 saturated carbocycles. The van der Waals surface area contributed by atoms with Crippen molar-refractivity contribution >= 4 is 11.9 Å². The number of amides is 1. The first kappa shape index (κ1) is 31.7. The van der Waals surface area contributed by atoms with Crippen LogP contribution in [0.4, 0.5) is 0 Å². The maximum atomic E-state index is 13.8. The molecule has 10 heteroatoms. The van der Waals surface area contributed by atoms with Crippen molar-refractivity contribution in [3.8, 4) is 17.2 Å². The summed E-state index contributed by atoms with van der Waals surface area (Å²) in [5.41, 5.74) is 1.97. The molecule has 0 unspecified atom stereocenters. The third-order valence-corrected chi connectivity index (χ3v) is 8.62. The Labute approximate surface area is 250 Å². The normalized spacial score (nSPS) is 20.2. The molecule has 3 heterocycles. The molecule has 1 fully saturated rings. The lowest BCUT2D eigenvalue weighted by atomic mass is 9.83. The molecule has 0 spiro atoms. The van der Waals surface area contributed by atoms with Gasteiger partial charge in [0.2, 0.25) is 18.4 Å². The number of aryl methyl sites for hydroxylation is 2. The van der Waals surface area contributed by atoms with Gasteiger partial charge in [-0.05, 0) is 49.1 Å². The summed E-state index contributed by atoms with van der Waals surface area (Å²) in [6.07, 6.45) is 6.25. The molecule has 42 heavy (non-hydrogen) atoms. The van der Waals surface area contributed by atoms with Crippen LogP contribution in [0.15, 0.2) is 30.5 Å². The van der Waals surface area contributed by atoms with Gasteiger partial charge in [0.15, 0.2) is 11.5 Å². The summed E-state index contributed by atoms with van der Waals surface area (Å²) in [7, 11) is 10.1. The number of carbonyl (C=O) groups is 2. The molecule has 2 aromatic rings. The average Bonchev–Trinajstić information content (AvgIpc) is 3.66. The number of hydrogen-bond donors (Lipinski definition) is 1. The van der Waals surface area contributed by atoms with E-state index < -0.39 is 11.9 Å². The number of carbonyl (C=O) groups excluding carboxylic acids is 1. The fraction of sp³-hybridized carbons (Fsp3) is 0.625. The van der Waals surface area contributed by atoms with Crippen LogP contribution in [0, 0.1) is 5.92 Å². The molecule has 1 N–H and O–H groups in total. The fourth-order valence-electron chi connectivity index (χ4n) is 6.33. The number of fused-ring (bicyclic) bond motifs is 1. The quantitative estimate of drug-likeness (QED) is 0.320. The number of benzene rings is 1. The first-order chi connectivity index (χ1) is 20.0. The second-order valence-electron chi connectivity index (χ2n) is 12.7.